The normalized spacial score (nSPS) is 19.5. The van der Waals surface area contributed by atoms with E-state index in [4.69, 9.17) is 0 Å². The molecule has 4 rings (SSSR count). The van der Waals surface area contributed by atoms with E-state index in [1.807, 2.05) is 6.07 Å². The molecule has 12 heteroatoms. The van der Waals surface area contributed by atoms with Gasteiger partial charge in [-0.1, -0.05) is 6.07 Å². The highest BCUT2D eigenvalue weighted by atomic mass is 32.3. The molecule has 0 fully saturated rings. The number of amides is 2. The summed E-state index contributed by atoms with van der Waals surface area (Å²) in [7, 11) is -1.98. The van der Waals surface area contributed by atoms with Crippen molar-refractivity contribution in [1.29, 1.82) is 5.26 Å². The Labute approximate surface area is 200 Å². The average molecular weight is 507 g/mol. The maximum atomic E-state index is 13.6. The predicted molar refractivity (Wildman–Crippen MR) is 122 cm³/mol. The largest absolute Gasteiger partial charge is 0.433 e. The molecule has 2 aromatic rings. The van der Waals surface area contributed by atoms with Gasteiger partial charge in [0, 0.05) is 42.8 Å². The molecule has 1 aliphatic carbocycles. The highest BCUT2D eigenvalue weighted by Gasteiger charge is 2.45. The summed E-state index contributed by atoms with van der Waals surface area (Å²) in [5, 5.41) is 9.27. The molecule has 8 nitrogen and oxygen atoms in total. The van der Waals surface area contributed by atoms with Crippen molar-refractivity contribution >= 4 is 28.1 Å². The Bertz CT molecular complexity index is 1300. The summed E-state index contributed by atoms with van der Waals surface area (Å²) >= 11 is 0. The van der Waals surface area contributed by atoms with E-state index in [1.54, 1.807) is 0 Å². The molecule has 1 aromatic heterocycles. The van der Waals surface area contributed by atoms with Gasteiger partial charge in [-0.2, -0.15) is 29.0 Å². The third-order valence-corrected chi connectivity index (χ3v) is 7.19. The van der Waals surface area contributed by atoms with E-state index in [1.165, 1.54) is 42.5 Å². The number of likely N-dealkylation sites (N-methyl/N-ethyl adjacent to an activating group) is 1. The van der Waals surface area contributed by atoms with E-state index in [0.717, 1.165) is 17.2 Å². The summed E-state index contributed by atoms with van der Waals surface area (Å²) in [6.45, 7) is 0. The van der Waals surface area contributed by atoms with Crippen LogP contribution in [0.15, 0.2) is 52.7 Å². The molecule has 1 unspecified atom stereocenters. The predicted octanol–water partition coefficient (Wildman–Crippen LogP) is 5.33. The number of carbonyl (C=O) groups excluding carboxylic acids is 2. The van der Waals surface area contributed by atoms with Crippen molar-refractivity contribution in [1.82, 2.24) is 9.88 Å². The lowest BCUT2D eigenvalue weighted by Gasteiger charge is -2.45. The van der Waals surface area contributed by atoms with Crippen molar-refractivity contribution in [2.24, 2.45) is 0 Å². The number of hydrogen-bond acceptors (Lipinski definition) is 6. The van der Waals surface area contributed by atoms with Gasteiger partial charge >= 0.3 is 12.2 Å². The number of urea groups is 1. The number of benzene rings is 1. The van der Waals surface area contributed by atoms with Crippen LogP contribution in [0.4, 0.5) is 23.7 Å². The summed E-state index contributed by atoms with van der Waals surface area (Å²) < 4.78 is 60.8. The quantitative estimate of drug-likeness (QED) is 0.581. The number of pyridine rings is 1. The van der Waals surface area contributed by atoms with Gasteiger partial charge in [0.25, 0.3) is 0 Å². The SMILES string of the molecule is CN1C(=O)N(c2ccnc(C(F)(F)F)c2)C2=C(C(=O)CCC2)C1c1ccc(C#N)cc1S(C)(O)O. The third kappa shape index (κ3) is 4.38. The Morgan fingerprint density at radius 1 is 1.17 bits per heavy atom. The van der Waals surface area contributed by atoms with Crippen LogP contribution in [0, 0.1) is 11.3 Å². The number of Topliss-reactive ketones (excluding diaryl/α,β-unsaturated/α-hetero) is 1. The molecule has 1 atom stereocenters. The van der Waals surface area contributed by atoms with Gasteiger partial charge in [-0.15, -0.1) is 0 Å². The van der Waals surface area contributed by atoms with Crippen LogP contribution < -0.4 is 4.90 Å². The summed E-state index contributed by atoms with van der Waals surface area (Å²) in [6, 6.07) is 6.46. The minimum absolute atomic E-state index is 0.0168. The topological polar surface area (TPSA) is 118 Å². The van der Waals surface area contributed by atoms with Crippen LogP contribution in [0.5, 0.6) is 0 Å². The van der Waals surface area contributed by atoms with Gasteiger partial charge in [0.05, 0.1) is 28.3 Å². The molecule has 2 aliphatic rings. The molecule has 0 radical (unpaired) electrons. The fraction of sp³-hybridized carbons (Fsp3) is 0.304. The fourth-order valence-corrected chi connectivity index (χ4v) is 5.45. The standard InChI is InChI=1S/C23H21F3N4O4S/c1-29-21(15-7-6-13(12-27)10-18(15)35(2,33)34)20-16(4-3-5-17(20)31)30(22(29)32)14-8-9-28-19(11-14)23(24,25)26/h6-11,21,33-34H,3-5H2,1-2H3. The Kier molecular flexibility index (Phi) is 6.12. The Morgan fingerprint density at radius 3 is 2.51 bits per heavy atom. The van der Waals surface area contributed by atoms with E-state index in [-0.39, 0.29) is 51.6 Å². The number of anilines is 1. The van der Waals surface area contributed by atoms with E-state index in [9.17, 15) is 37.1 Å². The molecular formula is C23H21F3N4O4S. The number of hydrogen-bond donors (Lipinski definition) is 2. The monoisotopic (exact) mass is 506 g/mol. The summed E-state index contributed by atoms with van der Waals surface area (Å²) in [4.78, 5) is 32.4. The number of ketones is 1. The molecule has 2 amide bonds. The van der Waals surface area contributed by atoms with Crippen molar-refractivity contribution in [3.05, 3.63) is 64.6 Å². The molecule has 0 bridgehead atoms. The number of halogens is 3. The average Bonchev–Trinajstić information content (AvgIpc) is 2.79. The second-order valence-electron chi connectivity index (χ2n) is 8.36. The van der Waals surface area contributed by atoms with Crippen molar-refractivity contribution in [2.45, 2.75) is 36.4 Å². The number of carbonyl (C=O) groups is 2. The lowest BCUT2D eigenvalue weighted by Crippen LogP contribution is -2.50. The Hall–Kier alpha value is -3.40. The van der Waals surface area contributed by atoms with Gasteiger partial charge in [-0.3, -0.25) is 23.8 Å². The van der Waals surface area contributed by atoms with Crippen LogP contribution >= 0.6 is 10.6 Å². The zero-order chi connectivity index (χ0) is 25.7. The summed E-state index contributed by atoms with van der Waals surface area (Å²) in [5.41, 5.74) is -0.376. The number of rotatable bonds is 3. The number of nitriles is 1. The summed E-state index contributed by atoms with van der Waals surface area (Å²) in [5.74, 6) is -0.298. The molecular weight excluding hydrogens is 485 g/mol. The highest BCUT2D eigenvalue weighted by Crippen LogP contribution is 2.52. The molecule has 0 spiro atoms. The van der Waals surface area contributed by atoms with Crippen molar-refractivity contribution in [3.63, 3.8) is 0 Å². The zero-order valence-corrected chi connectivity index (χ0v) is 19.5. The second kappa shape index (κ2) is 8.67. The lowest BCUT2D eigenvalue weighted by molar-refractivity contribution is -0.141. The van der Waals surface area contributed by atoms with Crippen molar-refractivity contribution in [3.8, 4) is 6.07 Å². The van der Waals surface area contributed by atoms with Gasteiger partial charge in [0.15, 0.2) is 5.78 Å². The number of nitrogens with zero attached hydrogens (tertiary/aromatic N) is 4. The van der Waals surface area contributed by atoms with Crippen LogP contribution in [-0.2, 0) is 11.0 Å². The smallest absolute Gasteiger partial charge is 0.316 e. The van der Waals surface area contributed by atoms with Crippen molar-refractivity contribution < 1.29 is 31.9 Å². The third-order valence-electron chi connectivity index (χ3n) is 6.00. The minimum Gasteiger partial charge on any atom is -0.316 e. The fourth-order valence-electron chi connectivity index (χ4n) is 4.48. The Morgan fingerprint density at radius 2 is 1.89 bits per heavy atom. The first-order chi connectivity index (χ1) is 16.3. The molecule has 184 valence electrons. The van der Waals surface area contributed by atoms with Crippen LogP contribution in [0.3, 0.4) is 0 Å². The second-order valence-corrected chi connectivity index (χ2v) is 10.5. The first-order valence-electron chi connectivity index (χ1n) is 10.5. The van der Waals surface area contributed by atoms with Crippen LogP contribution in [0.25, 0.3) is 0 Å². The number of aromatic nitrogens is 1. The van der Waals surface area contributed by atoms with E-state index in [2.05, 4.69) is 4.98 Å². The van der Waals surface area contributed by atoms with E-state index in [0.29, 0.717) is 6.42 Å². The molecule has 0 saturated carbocycles. The molecule has 2 heterocycles. The number of alkyl halides is 3. The van der Waals surface area contributed by atoms with Gasteiger partial charge in [-0.25, -0.2) is 4.79 Å². The van der Waals surface area contributed by atoms with Crippen LogP contribution in [0.1, 0.15) is 42.1 Å². The van der Waals surface area contributed by atoms with E-state index < -0.39 is 34.5 Å². The first kappa shape index (κ1) is 24.7. The van der Waals surface area contributed by atoms with Gasteiger partial charge in [0.2, 0.25) is 0 Å². The van der Waals surface area contributed by atoms with Crippen molar-refractivity contribution in [2.75, 3.05) is 18.2 Å². The lowest BCUT2D eigenvalue weighted by atomic mass is 9.83. The minimum atomic E-state index is -4.73. The van der Waals surface area contributed by atoms with E-state index >= 15 is 0 Å². The molecule has 2 N–H and O–H groups in total. The molecule has 35 heavy (non-hydrogen) atoms. The summed E-state index contributed by atoms with van der Waals surface area (Å²) in [6.07, 6.45) is -1.77. The van der Waals surface area contributed by atoms with Crippen LogP contribution in [-0.4, -0.2) is 44.1 Å². The molecule has 0 saturated heterocycles. The zero-order valence-electron chi connectivity index (χ0n) is 18.7. The maximum Gasteiger partial charge on any atom is 0.433 e. The first-order valence-corrected chi connectivity index (χ1v) is 12.4. The Balaban J connectivity index is 1.96. The van der Waals surface area contributed by atoms with Gasteiger partial charge < -0.3 is 4.90 Å². The van der Waals surface area contributed by atoms with Gasteiger partial charge in [0.1, 0.15) is 5.69 Å². The highest BCUT2D eigenvalue weighted by molar-refractivity contribution is 8.23. The maximum absolute atomic E-state index is 13.6. The molecule has 1 aliphatic heterocycles. The van der Waals surface area contributed by atoms with Gasteiger partial charge in [-0.05, 0) is 37.1 Å². The molecule has 1 aromatic carbocycles. The number of allylic oxidation sites excluding steroid dienone is 1. The van der Waals surface area contributed by atoms with Crippen LogP contribution in [0.2, 0.25) is 0 Å².